The molecule has 8 aliphatic rings. The van der Waals surface area contributed by atoms with Crippen molar-refractivity contribution in [2.75, 3.05) is 111 Å². The van der Waals surface area contributed by atoms with E-state index in [-0.39, 0.29) is 24.2 Å². The molecule has 19 nitrogen and oxygen atoms in total. The quantitative estimate of drug-likeness (QED) is 0.0899. The number of aromatic nitrogens is 1. The predicted molar refractivity (Wildman–Crippen MR) is 421 cm³/mol. The lowest BCUT2D eigenvalue weighted by atomic mass is 9.84. The van der Waals surface area contributed by atoms with Crippen LogP contribution in [0.3, 0.4) is 0 Å². The zero-order chi connectivity index (χ0) is 75.4. The van der Waals surface area contributed by atoms with Crippen LogP contribution in [0.1, 0.15) is 113 Å². The first-order chi connectivity index (χ1) is 53.3. The van der Waals surface area contributed by atoms with Crippen LogP contribution in [0.5, 0.6) is 92.0 Å². The normalized spacial score (nSPS) is 18.0. The van der Waals surface area contributed by atoms with E-state index in [1.807, 2.05) is 42.6 Å². The first-order valence-corrected chi connectivity index (χ1v) is 38.3. The number of likely N-dealkylation sites (N-methyl/N-ethyl adjacent to an activating group) is 4. The topological polar surface area (TPSA) is 155 Å². The smallest absolute Gasteiger partial charge is 0.204 e. The molecule has 10 aromatic rings. The van der Waals surface area contributed by atoms with Crippen LogP contribution >= 0.6 is 11.3 Å². The van der Waals surface area contributed by atoms with Gasteiger partial charge in [-0.05, 0) is 242 Å². The van der Waals surface area contributed by atoms with Gasteiger partial charge in [0, 0.05) is 85.0 Å². The van der Waals surface area contributed by atoms with Crippen molar-refractivity contribution in [1.29, 1.82) is 0 Å². The summed E-state index contributed by atoms with van der Waals surface area (Å²) in [5, 5.41) is 4.19. The molecular weight excluding hydrogens is 1400 g/mol. The lowest BCUT2D eigenvalue weighted by molar-refractivity contribution is 0.103. The van der Waals surface area contributed by atoms with E-state index in [1.165, 1.54) is 33.4 Å². The molecule has 0 saturated heterocycles. The number of rotatable bonds is 16. The van der Waals surface area contributed by atoms with E-state index in [2.05, 4.69) is 155 Å². The van der Waals surface area contributed by atoms with Crippen molar-refractivity contribution in [1.82, 2.24) is 24.6 Å². The van der Waals surface area contributed by atoms with Crippen LogP contribution in [0.25, 0.3) is 0 Å². The average molecular weight is 1490 g/mol. The monoisotopic (exact) mass is 1490 g/mol. The van der Waals surface area contributed by atoms with Crippen molar-refractivity contribution in [2.45, 2.75) is 102 Å². The molecule has 8 aliphatic heterocycles. The predicted octanol–water partition coefficient (Wildman–Crippen LogP) is 17.2. The van der Waals surface area contributed by atoms with Crippen LogP contribution in [0.15, 0.2) is 151 Å². The molecule has 0 N–H and O–H groups in total. The molecule has 12 bridgehead atoms. The van der Waals surface area contributed by atoms with E-state index in [1.54, 1.807) is 74.4 Å². The van der Waals surface area contributed by atoms with Crippen molar-refractivity contribution >= 4 is 11.3 Å². The van der Waals surface area contributed by atoms with Gasteiger partial charge < -0.3 is 66.3 Å². The van der Waals surface area contributed by atoms with E-state index in [4.69, 9.17) is 66.3 Å². The molecule has 20 heteroatoms. The van der Waals surface area contributed by atoms with E-state index in [0.717, 1.165) is 132 Å². The highest BCUT2D eigenvalue weighted by atomic mass is 32.1. The molecular formula is C89H97N5O14S. The Morgan fingerprint density at radius 3 is 1.22 bits per heavy atom. The highest BCUT2D eigenvalue weighted by Gasteiger charge is 2.40. The Morgan fingerprint density at radius 1 is 0.394 bits per heavy atom. The fourth-order valence-electron chi connectivity index (χ4n) is 16.7. The van der Waals surface area contributed by atoms with E-state index in [9.17, 15) is 0 Å². The average Bonchev–Trinajstić information content (AvgIpc) is 0.858. The highest BCUT2D eigenvalue weighted by molar-refractivity contribution is 7.07. The molecule has 0 unspecified atom stereocenters. The van der Waals surface area contributed by atoms with E-state index >= 15 is 0 Å². The number of hydrogen-bond acceptors (Lipinski definition) is 20. The summed E-state index contributed by atoms with van der Waals surface area (Å²) in [4.78, 5) is 13.9. The molecule has 0 aliphatic carbocycles. The number of benzene rings is 8. The third-order valence-corrected chi connectivity index (χ3v) is 23.3. The maximum atomic E-state index is 7.21. The summed E-state index contributed by atoms with van der Waals surface area (Å²) in [5.74, 6) is 10.4. The minimum atomic E-state index is -0.0995. The van der Waals surface area contributed by atoms with Crippen molar-refractivity contribution in [3.63, 3.8) is 0 Å². The molecule has 0 amide bonds. The fraction of sp³-hybridized carbons (Fsp3) is 0.360. The van der Waals surface area contributed by atoms with Gasteiger partial charge in [-0.1, -0.05) is 42.5 Å². The van der Waals surface area contributed by atoms with Crippen LogP contribution in [0, 0.1) is 0 Å². The van der Waals surface area contributed by atoms with Crippen molar-refractivity contribution < 1.29 is 66.3 Å². The minimum absolute atomic E-state index is 0.0823. The van der Waals surface area contributed by atoms with Gasteiger partial charge >= 0.3 is 0 Å². The SMILES string of the molecule is COc1ccc2cc1Oc1ccc(cc1)C[C@H]1c3cc(c(OC)cc3CCN1C)Oc1c(OC)c(OC)c(COCc3cccnc3)c3c1[C@H](C2)N(C)CC3.COc1ccc2cc1Oc1ccc(cc1)C[C@H]1c3cc(c(OC)cc3CCN1C)Oc1c(OC)c(OC)c(COCc3ccsc3)c3c1[C@H](C2)N(C)CC3. The zero-order valence-electron chi connectivity index (χ0n) is 64.4. The van der Waals surface area contributed by atoms with Gasteiger partial charge in [-0.25, -0.2) is 0 Å². The Morgan fingerprint density at radius 2 is 0.807 bits per heavy atom. The van der Waals surface area contributed by atoms with Crippen LogP contribution in [0.2, 0.25) is 0 Å². The Kier molecular flexibility index (Phi) is 22.6. The number of fused-ring (bicyclic) bond motifs is 4. The molecule has 0 saturated carbocycles. The summed E-state index contributed by atoms with van der Waals surface area (Å²) in [7, 11) is 22.2. The number of hydrogen-bond donors (Lipinski definition) is 0. The first-order valence-electron chi connectivity index (χ1n) is 37.4. The molecule has 2 aromatic heterocycles. The highest BCUT2D eigenvalue weighted by Crippen LogP contribution is 2.57. The van der Waals surface area contributed by atoms with Crippen molar-refractivity contribution in [2.24, 2.45) is 0 Å². The van der Waals surface area contributed by atoms with Gasteiger partial charge in [0.05, 0.1) is 83.3 Å². The third-order valence-electron chi connectivity index (χ3n) is 22.5. The number of ether oxygens (including phenoxy) is 14. The van der Waals surface area contributed by atoms with E-state index in [0.29, 0.717) is 120 Å². The molecule has 8 aromatic carbocycles. The molecule has 0 radical (unpaired) electrons. The lowest BCUT2D eigenvalue weighted by Gasteiger charge is -2.38. The van der Waals surface area contributed by atoms with Crippen LogP contribution in [-0.2, 0) is 87.3 Å². The summed E-state index contributed by atoms with van der Waals surface area (Å²) in [6.45, 7) is 5.15. The summed E-state index contributed by atoms with van der Waals surface area (Å²) >= 11 is 1.67. The van der Waals surface area contributed by atoms with Gasteiger partial charge in [-0.15, -0.1) is 0 Å². The zero-order valence-corrected chi connectivity index (χ0v) is 65.2. The largest absolute Gasteiger partial charge is 0.493 e. The molecule has 18 rings (SSSR count). The van der Waals surface area contributed by atoms with Gasteiger partial charge in [0.2, 0.25) is 11.5 Å². The van der Waals surface area contributed by atoms with Gasteiger partial charge in [0.1, 0.15) is 11.5 Å². The van der Waals surface area contributed by atoms with Crippen LogP contribution in [-0.4, -0.2) is 136 Å². The van der Waals surface area contributed by atoms with Gasteiger partial charge in [0.25, 0.3) is 0 Å². The number of pyridine rings is 1. The second kappa shape index (κ2) is 33.0. The second-order valence-electron chi connectivity index (χ2n) is 28.9. The summed E-state index contributed by atoms with van der Waals surface area (Å²) in [5.41, 5.74) is 18.1. The van der Waals surface area contributed by atoms with E-state index < -0.39 is 0 Å². The van der Waals surface area contributed by atoms with Crippen molar-refractivity contribution in [3.8, 4) is 92.0 Å². The van der Waals surface area contributed by atoms with Crippen molar-refractivity contribution in [3.05, 3.63) is 240 Å². The maximum absolute atomic E-state index is 7.21. The summed E-state index contributed by atoms with van der Waals surface area (Å²) in [6.07, 6.45) is 9.98. The Labute approximate surface area is 643 Å². The Bertz CT molecular complexity index is 4890. The van der Waals surface area contributed by atoms with Crippen LogP contribution in [0.4, 0.5) is 0 Å². The second-order valence-corrected chi connectivity index (χ2v) is 29.7. The standard InChI is InChI=1S/C45H49N3O7.C44H48N2O7S/c1-47-18-15-31-23-39(50-4)41-24-34(31)36(47)20-28-9-12-32(13-10-28)54-40-22-29(11-14-38(40)49-3)21-37-42-33(16-19-48(37)2)35(27-53-26-30-8-7-17-46-25-30)43(51-5)45(52-6)44(42)55-41;1-45-16-13-30-22-38(48-4)40-23-33(30)35(45)19-27-7-10-31(11-8-27)52-39-21-28(9-12-37(39)47-3)20-36-41-32(14-17-46(36)2)34(25-51-24-29-15-18-54-26-29)42(49-5)44(50-6)43(41)53-40/h7-14,17,22-25,36-37H,15-16,18-21,26-27H2,1-6H3;7-12,15,18,21-23,26,35-36H,13-14,16-17,19-20,24-25H2,1-6H3/t36-,37-;35-,36-/m00/s1. The molecule has 109 heavy (non-hydrogen) atoms. The number of methoxy groups -OCH3 is 8. The fourth-order valence-corrected chi connectivity index (χ4v) is 17.4. The molecule has 568 valence electrons. The molecule has 4 atom stereocenters. The minimum Gasteiger partial charge on any atom is -0.493 e. The molecule has 0 spiro atoms. The number of nitrogens with zero attached hydrogens (tertiary/aromatic N) is 5. The van der Waals surface area contributed by atoms with Gasteiger partial charge in [-0.3, -0.25) is 24.6 Å². The number of thiophene rings is 1. The Hall–Kier alpha value is -10.0. The summed E-state index contributed by atoms with van der Waals surface area (Å²) in [6, 6.07) is 44.0. The maximum Gasteiger partial charge on any atom is 0.204 e. The lowest BCUT2D eigenvalue weighted by Crippen LogP contribution is -2.35. The first kappa shape index (κ1) is 74.4. The Balaban J connectivity index is 0.000000174. The molecule has 0 fully saturated rings. The molecule has 10 heterocycles. The van der Waals surface area contributed by atoms with Gasteiger partial charge in [-0.2, -0.15) is 11.3 Å². The third kappa shape index (κ3) is 15.3. The summed E-state index contributed by atoms with van der Waals surface area (Å²) < 4.78 is 89.0. The van der Waals surface area contributed by atoms with Crippen LogP contribution < -0.4 is 56.8 Å². The van der Waals surface area contributed by atoms with Gasteiger partial charge in [0.15, 0.2) is 69.0 Å².